The molecule has 0 N–H and O–H groups in total. The fourth-order valence-corrected chi connectivity index (χ4v) is 11.4. The third kappa shape index (κ3) is 6.21. The highest BCUT2D eigenvalue weighted by molar-refractivity contribution is 6.98. The number of benzene rings is 10. The van der Waals surface area contributed by atoms with Crippen molar-refractivity contribution in [2.45, 2.75) is 20.8 Å². The molecule has 12 aromatic rings. The van der Waals surface area contributed by atoms with E-state index < -0.39 is 0 Å². The molecule has 0 saturated carbocycles. The van der Waals surface area contributed by atoms with E-state index >= 15 is 0 Å². The lowest BCUT2D eigenvalue weighted by molar-refractivity contribution is 1.18. The van der Waals surface area contributed by atoms with Gasteiger partial charge in [0.2, 0.25) is 6.71 Å². The van der Waals surface area contributed by atoms with E-state index in [0.717, 1.165) is 17.1 Å². The van der Waals surface area contributed by atoms with Crippen molar-refractivity contribution in [1.82, 2.24) is 9.13 Å². The minimum absolute atomic E-state index is 0.0661. The van der Waals surface area contributed by atoms with Gasteiger partial charge in [0.1, 0.15) is 0 Å². The maximum absolute atomic E-state index is 2.55. The smallest absolute Gasteiger partial charge is 0.247 e. The second kappa shape index (κ2) is 15.4. The summed E-state index contributed by atoms with van der Waals surface area (Å²) in [7, 11) is 0. The van der Waals surface area contributed by atoms with Crippen LogP contribution < -0.4 is 21.3 Å². The maximum Gasteiger partial charge on any atom is 0.247 e. The van der Waals surface area contributed by atoms with Crippen molar-refractivity contribution in [3.63, 3.8) is 0 Å². The van der Waals surface area contributed by atoms with Crippen molar-refractivity contribution in [2.75, 3.05) is 4.90 Å². The Morgan fingerprint density at radius 1 is 0.313 bits per heavy atom. The van der Waals surface area contributed by atoms with E-state index in [2.05, 4.69) is 259 Å². The third-order valence-electron chi connectivity index (χ3n) is 14.2. The minimum Gasteiger partial charge on any atom is -0.311 e. The van der Waals surface area contributed by atoms with Crippen LogP contribution in [0.15, 0.2) is 224 Å². The molecule has 0 bridgehead atoms. The molecule has 3 nitrogen and oxygen atoms in total. The second-order valence-electron chi connectivity index (χ2n) is 18.3. The van der Waals surface area contributed by atoms with Crippen LogP contribution in [-0.2, 0) is 0 Å². The van der Waals surface area contributed by atoms with Gasteiger partial charge in [-0.3, -0.25) is 0 Å². The first-order valence-electron chi connectivity index (χ1n) is 23.4. The molecule has 0 unspecified atom stereocenters. The SMILES string of the molecule is Cc1cc(C)c(B2c3cc4c(cc3N(c3ccccc3)c3cc5c6cc(-c7ccccc7)ccc6n(-c6ccccc6)c5cc32)c2cc(-c3ccccc3)ccc2n4-c2ccccc2)c(C)c1. The minimum atomic E-state index is -0.0661. The number of hydrogen-bond acceptors (Lipinski definition) is 1. The standard InChI is InChI=1S/C63H46BN3/c1-41-33-42(2)63(43(3)34-41)64-55-39-59-53(51-35-46(44-19-9-4-10-20-44)29-31-57(51)65(59)48-23-13-6-14-24-48)37-61(55)67(50-27-17-8-18-28-50)62-38-54-52-36-47(45-21-11-5-12-22-45)30-32-58(52)66(60(54)40-56(62)64)49-25-15-7-16-26-49/h4-40H,1-3H3. The van der Waals surface area contributed by atoms with E-state index in [0.29, 0.717) is 0 Å². The molecule has 1 aliphatic rings. The van der Waals surface area contributed by atoms with Crippen LogP contribution in [-0.4, -0.2) is 15.8 Å². The number of hydrogen-bond donors (Lipinski definition) is 0. The lowest BCUT2D eigenvalue weighted by Crippen LogP contribution is -2.58. The Balaban J connectivity index is 1.18. The Morgan fingerprint density at radius 3 is 1.10 bits per heavy atom. The predicted octanol–water partition coefficient (Wildman–Crippen LogP) is 14.4. The van der Waals surface area contributed by atoms with Gasteiger partial charge in [0.25, 0.3) is 0 Å². The summed E-state index contributed by atoms with van der Waals surface area (Å²) in [5, 5.41) is 4.92. The van der Waals surface area contributed by atoms with E-state index in [1.54, 1.807) is 0 Å². The van der Waals surface area contributed by atoms with Gasteiger partial charge < -0.3 is 14.0 Å². The summed E-state index contributed by atoms with van der Waals surface area (Å²) in [4.78, 5) is 2.55. The lowest BCUT2D eigenvalue weighted by atomic mass is 9.33. The number of aryl methyl sites for hydroxylation is 3. The van der Waals surface area contributed by atoms with Crippen LogP contribution in [0, 0.1) is 20.8 Å². The summed E-state index contributed by atoms with van der Waals surface area (Å²) in [6.07, 6.45) is 0. The molecule has 4 heteroatoms. The van der Waals surface area contributed by atoms with E-state index in [1.165, 1.54) is 110 Å². The van der Waals surface area contributed by atoms with Crippen molar-refractivity contribution in [3.8, 4) is 33.6 Å². The molecule has 0 fully saturated rings. The maximum atomic E-state index is 2.55. The fourth-order valence-electron chi connectivity index (χ4n) is 11.4. The number of fused-ring (bicyclic) bond motifs is 8. The van der Waals surface area contributed by atoms with Gasteiger partial charge in [-0.1, -0.05) is 162 Å². The van der Waals surface area contributed by atoms with Crippen molar-refractivity contribution in [2.24, 2.45) is 0 Å². The van der Waals surface area contributed by atoms with Gasteiger partial charge in [0.15, 0.2) is 0 Å². The molecule has 10 aromatic carbocycles. The topological polar surface area (TPSA) is 13.1 Å². The van der Waals surface area contributed by atoms with Crippen LogP contribution in [0.4, 0.5) is 17.1 Å². The zero-order valence-electron chi connectivity index (χ0n) is 37.8. The van der Waals surface area contributed by atoms with Crippen molar-refractivity contribution < 1.29 is 0 Å². The van der Waals surface area contributed by atoms with Gasteiger partial charge in [0, 0.05) is 50.0 Å². The molecular formula is C63H46BN3. The summed E-state index contributed by atoms with van der Waals surface area (Å²) in [6.45, 7) is 6.78. The van der Waals surface area contributed by atoms with Gasteiger partial charge in [0.05, 0.1) is 22.1 Å². The molecule has 0 amide bonds. The molecule has 1 aliphatic heterocycles. The average Bonchev–Trinajstić information content (AvgIpc) is 3.86. The highest BCUT2D eigenvalue weighted by atomic mass is 15.2. The molecule has 0 saturated heterocycles. The van der Waals surface area contributed by atoms with Gasteiger partial charge in [-0.25, -0.2) is 0 Å². The van der Waals surface area contributed by atoms with Crippen LogP contribution in [0.1, 0.15) is 16.7 Å². The largest absolute Gasteiger partial charge is 0.311 e. The van der Waals surface area contributed by atoms with Crippen molar-refractivity contribution >= 4 is 83.8 Å². The average molecular weight is 856 g/mol. The summed E-state index contributed by atoms with van der Waals surface area (Å²) in [5.74, 6) is 0. The summed E-state index contributed by atoms with van der Waals surface area (Å²) in [6, 6.07) is 83.2. The predicted molar refractivity (Wildman–Crippen MR) is 286 cm³/mol. The van der Waals surface area contributed by atoms with Crippen LogP contribution in [0.5, 0.6) is 0 Å². The highest BCUT2D eigenvalue weighted by Crippen LogP contribution is 2.44. The van der Waals surface area contributed by atoms with E-state index in [4.69, 9.17) is 0 Å². The fraction of sp³-hybridized carbons (Fsp3) is 0.0476. The third-order valence-corrected chi connectivity index (χ3v) is 14.2. The Bertz CT molecular complexity index is 3640. The molecule has 13 rings (SSSR count). The molecular weight excluding hydrogens is 810 g/mol. The highest BCUT2D eigenvalue weighted by Gasteiger charge is 2.39. The number of anilines is 3. The molecule has 316 valence electrons. The summed E-state index contributed by atoms with van der Waals surface area (Å²) in [5.41, 5.74) is 23.3. The van der Waals surface area contributed by atoms with Crippen LogP contribution in [0.2, 0.25) is 0 Å². The molecule has 0 aliphatic carbocycles. The first kappa shape index (κ1) is 39.1. The van der Waals surface area contributed by atoms with Crippen molar-refractivity contribution in [1.29, 1.82) is 0 Å². The summed E-state index contributed by atoms with van der Waals surface area (Å²) >= 11 is 0. The Morgan fingerprint density at radius 2 is 0.687 bits per heavy atom. The monoisotopic (exact) mass is 855 g/mol. The quantitative estimate of drug-likeness (QED) is 0.152. The van der Waals surface area contributed by atoms with E-state index in [-0.39, 0.29) is 6.71 Å². The normalized spacial score (nSPS) is 12.3. The molecule has 0 radical (unpaired) electrons. The van der Waals surface area contributed by atoms with E-state index in [9.17, 15) is 0 Å². The first-order valence-corrected chi connectivity index (χ1v) is 23.4. The number of rotatable bonds is 6. The molecule has 2 aromatic heterocycles. The Kier molecular flexibility index (Phi) is 8.98. The molecule has 0 atom stereocenters. The molecule has 3 heterocycles. The molecule has 0 spiro atoms. The van der Waals surface area contributed by atoms with Gasteiger partial charge in [-0.15, -0.1) is 0 Å². The first-order chi connectivity index (χ1) is 33.0. The van der Waals surface area contributed by atoms with Gasteiger partial charge in [-0.2, -0.15) is 0 Å². The van der Waals surface area contributed by atoms with Crippen LogP contribution in [0.3, 0.4) is 0 Å². The zero-order chi connectivity index (χ0) is 44.8. The Labute approximate surface area is 391 Å². The number of nitrogens with zero attached hydrogens (tertiary/aromatic N) is 3. The van der Waals surface area contributed by atoms with Crippen LogP contribution in [0.25, 0.3) is 77.2 Å². The second-order valence-corrected chi connectivity index (χ2v) is 18.3. The van der Waals surface area contributed by atoms with Gasteiger partial charge in [-0.05, 0) is 139 Å². The lowest BCUT2D eigenvalue weighted by Gasteiger charge is -2.38. The Hall–Kier alpha value is -8.34. The van der Waals surface area contributed by atoms with Crippen LogP contribution >= 0.6 is 0 Å². The zero-order valence-corrected chi connectivity index (χ0v) is 37.8. The number of aromatic nitrogens is 2. The van der Waals surface area contributed by atoms with Crippen molar-refractivity contribution in [3.05, 3.63) is 241 Å². The summed E-state index contributed by atoms with van der Waals surface area (Å²) < 4.78 is 4.96. The van der Waals surface area contributed by atoms with Gasteiger partial charge >= 0.3 is 0 Å². The molecule has 67 heavy (non-hydrogen) atoms. The number of para-hydroxylation sites is 3. The van der Waals surface area contributed by atoms with E-state index in [1.807, 2.05) is 0 Å².